The Morgan fingerprint density at radius 1 is 1.30 bits per heavy atom. The number of aliphatic carboxylic acids is 1. The lowest BCUT2D eigenvalue weighted by molar-refractivity contribution is -0.147. The van der Waals surface area contributed by atoms with E-state index in [1.54, 1.807) is 6.08 Å². The summed E-state index contributed by atoms with van der Waals surface area (Å²) in [4.78, 5) is 24.4. The average Bonchev–Trinajstić information content (AvgIpc) is 2.90. The van der Waals surface area contributed by atoms with Crippen LogP contribution in [0, 0.1) is 36.0 Å². The number of carbonyl (C=O) groups excluding carboxylic acids is 1. The van der Waals surface area contributed by atoms with E-state index in [0.717, 1.165) is 38.5 Å². The highest BCUT2D eigenvalue weighted by Gasteiger charge is 2.45. The quantitative estimate of drug-likeness (QED) is 0.296. The van der Waals surface area contributed by atoms with Gasteiger partial charge in [0.05, 0.1) is 5.92 Å². The molecule has 0 saturated heterocycles. The van der Waals surface area contributed by atoms with Crippen LogP contribution in [0.25, 0.3) is 0 Å². The summed E-state index contributed by atoms with van der Waals surface area (Å²) in [5.74, 6) is 0.274. The number of rotatable bonds is 12. The number of allylic oxidation sites excluding steroid dienone is 1. The highest BCUT2D eigenvalue weighted by molar-refractivity contribution is 5.88. The van der Waals surface area contributed by atoms with E-state index in [-0.39, 0.29) is 17.6 Å². The first-order chi connectivity index (χ1) is 12.8. The number of Topliss-reactive ketones (excluding diaryl/α,β-unsaturated/α-hetero) is 1. The minimum atomic E-state index is -1.33. The van der Waals surface area contributed by atoms with E-state index in [9.17, 15) is 19.8 Å². The molecular formula is C23H36O4. The Hall–Kier alpha value is -1.60. The van der Waals surface area contributed by atoms with E-state index in [0.29, 0.717) is 19.3 Å². The number of unbranched alkanes of at least 4 members (excludes halogenated alkanes) is 4. The predicted octanol–water partition coefficient (Wildman–Crippen LogP) is 4.61. The smallest absolute Gasteiger partial charge is 0.307 e. The number of hydrogen-bond acceptors (Lipinski definition) is 3. The van der Waals surface area contributed by atoms with Crippen LogP contribution in [0.15, 0.2) is 12.2 Å². The molecule has 0 bridgehead atoms. The Morgan fingerprint density at radius 3 is 2.48 bits per heavy atom. The van der Waals surface area contributed by atoms with Crippen LogP contribution >= 0.6 is 0 Å². The second-order valence-electron chi connectivity index (χ2n) is 8.08. The van der Waals surface area contributed by atoms with Crippen molar-refractivity contribution in [1.82, 2.24) is 0 Å². The van der Waals surface area contributed by atoms with Crippen molar-refractivity contribution in [3.63, 3.8) is 0 Å². The van der Waals surface area contributed by atoms with Crippen LogP contribution < -0.4 is 0 Å². The summed E-state index contributed by atoms with van der Waals surface area (Å²) in [7, 11) is 0. The van der Waals surface area contributed by atoms with Crippen LogP contribution in [-0.4, -0.2) is 27.6 Å². The molecule has 152 valence electrons. The first kappa shape index (κ1) is 23.4. The molecule has 0 amide bonds. The van der Waals surface area contributed by atoms with Gasteiger partial charge in [0.15, 0.2) is 0 Å². The molecule has 0 aromatic heterocycles. The zero-order chi connectivity index (χ0) is 20.4. The molecule has 27 heavy (non-hydrogen) atoms. The maximum absolute atomic E-state index is 12.6. The zero-order valence-electron chi connectivity index (χ0n) is 17.1. The van der Waals surface area contributed by atoms with Gasteiger partial charge < -0.3 is 10.2 Å². The van der Waals surface area contributed by atoms with Gasteiger partial charge in [0.1, 0.15) is 11.4 Å². The van der Waals surface area contributed by atoms with Crippen molar-refractivity contribution in [3.8, 4) is 12.3 Å². The number of carboxylic acid groups (broad SMARTS) is 1. The molecule has 0 aromatic rings. The Balaban J connectivity index is 2.98. The van der Waals surface area contributed by atoms with Gasteiger partial charge in [-0.15, -0.1) is 6.42 Å². The first-order valence-electron chi connectivity index (χ1n) is 10.4. The lowest BCUT2D eigenvalue weighted by Crippen LogP contribution is -2.31. The molecule has 4 nitrogen and oxygen atoms in total. The third-order valence-corrected chi connectivity index (χ3v) is 5.84. The van der Waals surface area contributed by atoms with Gasteiger partial charge in [-0.25, -0.2) is 0 Å². The van der Waals surface area contributed by atoms with Crippen LogP contribution in [0.4, 0.5) is 0 Å². The van der Waals surface area contributed by atoms with Gasteiger partial charge in [0.25, 0.3) is 0 Å². The number of aliphatic hydroxyl groups is 1. The summed E-state index contributed by atoms with van der Waals surface area (Å²) in [6.07, 6.45) is 16.0. The second-order valence-corrected chi connectivity index (χ2v) is 8.08. The van der Waals surface area contributed by atoms with Crippen molar-refractivity contribution in [3.05, 3.63) is 12.2 Å². The molecule has 2 N–H and O–H groups in total. The van der Waals surface area contributed by atoms with Gasteiger partial charge in [-0.1, -0.05) is 64.9 Å². The second kappa shape index (κ2) is 11.3. The molecule has 1 aliphatic carbocycles. The molecular weight excluding hydrogens is 340 g/mol. The summed E-state index contributed by atoms with van der Waals surface area (Å²) >= 11 is 0. The Morgan fingerprint density at radius 2 is 1.93 bits per heavy atom. The maximum Gasteiger partial charge on any atom is 0.307 e. The van der Waals surface area contributed by atoms with Crippen molar-refractivity contribution in [2.45, 2.75) is 84.2 Å². The van der Waals surface area contributed by atoms with Gasteiger partial charge in [-0.05, 0) is 37.2 Å². The fourth-order valence-corrected chi connectivity index (χ4v) is 4.15. The van der Waals surface area contributed by atoms with E-state index in [1.807, 2.05) is 13.0 Å². The predicted molar refractivity (Wildman–Crippen MR) is 108 cm³/mol. The number of ketones is 1. The number of terminal acetylenes is 1. The highest BCUT2D eigenvalue weighted by atomic mass is 16.4. The molecule has 0 heterocycles. The lowest BCUT2D eigenvalue weighted by Gasteiger charge is -2.26. The standard InChI is InChI=1S/C23H36O4/c1-5-8-10-12-19(22(25)26)21-18(17(4)16-20(21)24)13-15-23(27,7-3)14-11-9-6-2/h3,13,15,17-19,21,27H,5-6,8-12,14,16H2,1-2,4H3,(H,25,26)/t17-,18+,19?,21-,23-/m1/s1. The number of carbonyl (C=O) groups is 2. The van der Waals surface area contributed by atoms with Crippen molar-refractivity contribution in [1.29, 1.82) is 0 Å². The van der Waals surface area contributed by atoms with E-state index >= 15 is 0 Å². The molecule has 0 aliphatic heterocycles. The third kappa shape index (κ3) is 6.81. The molecule has 1 unspecified atom stereocenters. The van der Waals surface area contributed by atoms with Crippen LogP contribution in [0.1, 0.15) is 78.6 Å². The van der Waals surface area contributed by atoms with E-state index < -0.39 is 23.4 Å². The van der Waals surface area contributed by atoms with Crippen LogP contribution in [0.2, 0.25) is 0 Å². The maximum atomic E-state index is 12.6. The molecule has 4 heteroatoms. The Bertz CT molecular complexity index is 559. The lowest BCUT2D eigenvalue weighted by atomic mass is 9.77. The largest absolute Gasteiger partial charge is 0.481 e. The summed E-state index contributed by atoms with van der Waals surface area (Å²) < 4.78 is 0. The summed E-state index contributed by atoms with van der Waals surface area (Å²) in [5, 5.41) is 20.4. The normalized spacial score (nSPS) is 26.0. The monoisotopic (exact) mass is 376 g/mol. The summed E-state index contributed by atoms with van der Waals surface area (Å²) in [5.41, 5.74) is -1.33. The molecule has 0 radical (unpaired) electrons. The minimum Gasteiger partial charge on any atom is -0.481 e. The first-order valence-corrected chi connectivity index (χ1v) is 10.4. The SMILES string of the molecule is C#C[C@](O)(C=C[C@H]1[C@H](C)CC(=O)[C@H]1C(CCCCC)C(=O)O)CCCCC. The van der Waals surface area contributed by atoms with Gasteiger partial charge in [-0.2, -0.15) is 0 Å². The van der Waals surface area contributed by atoms with Crippen LogP contribution in [0.3, 0.4) is 0 Å². The Labute approximate surface area is 164 Å². The molecule has 0 spiro atoms. The fourth-order valence-electron chi connectivity index (χ4n) is 4.15. The van der Waals surface area contributed by atoms with E-state index in [4.69, 9.17) is 6.42 Å². The van der Waals surface area contributed by atoms with E-state index in [1.165, 1.54) is 0 Å². The summed E-state index contributed by atoms with van der Waals surface area (Å²) in [6.45, 7) is 6.14. The van der Waals surface area contributed by atoms with Crippen molar-refractivity contribution in [2.75, 3.05) is 0 Å². The molecule has 1 aliphatic rings. The van der Waals surface area contributed by atoms with Gasteiger partial charge in [0, 0.05) is 12.3 Å². The van der Waals surface area contributed by atoms with Gasteiger partial charge in [-0.3, -0.25) is 9.59 Å². The fraction of sp³-hybridized carbons (Fsp3) is 0.739. The van der Waals surface area contributed by atoms with Crippen molar-refractivity contribution < 1.29 is 19.8 Å². The minimum absolute atomic E-state index is 0.0243. The molecule has 5 atom stereocenters. The van der Waals surface area contributed by atoms with E-state index in [2.05, 4.69) is 19.8 Å². The van der Waals surface area contributed by atoms with Crippen LogP contribution in [-0.2, 0) is 9.59 Å². The van der Waals surface area contributed by atoms with Crippen molar-refractivity contribution in [2.24, 2.45) is 23.7 Å². The Kier molecular flexibility index (Phi) is 9.80. The van der Waals surface area contributed by atoms with Gasteiger partial charge >= 0.3 is 5.97 Å². The zero-order valence-corrected chi connectivity index (χ0v) is 17.1. The number of hydrogen-bond donors (Lipinski definition) is 2. The van der Waals surface area contributed by atoms with Gasteiger partial charge in [0.2, 0.25) is 0 Å². The van der Waals surface area contributed by atoms with Crippen molar-refractivity contribution >= 4 is 11.8 Å². The molecule has 1 fully saturated rings. The van der Waals surface area contributed by atoms with Crippen LogP contribution in [0.5, 0.6) is 0 Å². The molecule has 1 saturated carbocycles. The topological polar surface area (TPSA) is 74.6 Å². The summed E-state index contributed by atoms with van der Waals surface area (Å²) in [6, 6.07) is 0. The molecule has 0 aromatic carbocycles. The number of carboxylic acids is 1. The molecule has 1 rings (SSSR count). The highest BCUT2D eigenvalue weighted by Crippen LogP contribution is 2.42. The third-order valence-electron chi connectivity index (χ3n) is 5.84. The average molecular weight is 377 g/mol.